The first-order valence-corrected chi connectivity index (χ1v) is 5.44. The Kier molecular flexibility index (Phi) is 2.81. The number of benzene rings is 1. The summed E-state index contributed by atoms with van der Waals surface area (Å²) in [7, 11) is 0. The fourth-order valence-corrected chi connectivity index (χ4v) is 1.92. The van der Waals surface area contributed by atoms with Crippen molar-refractivity contribution < 1.29 is 9.84 Å². The Labute approximate surface area is 90.9 Å². The lowest BCUT2D eigenvalue weighted by atomic mass is 9.66. The summed E-state index contributed by atoms with van der Waals surface area (Å²) in [6, 6.07) is 10.1. The lowest BCUT2D eigenvalue weighted by molar-refractivity contribution is -0.179. The Balaban J connectivity index is 1.85. The Morgan fingerprint density at radius 3 is 2.53 bits per heavy atom. The van der Waals surface area contributed by atoms with Crippen LogP contribution in [0.3, 0.4) is 0 Å². The fraction of sp³-hybridized carbons (Fsp3) is 0.538. The molecular weight excluding hydrogens is 188 g/mol. The first kappa shape index (κ1) is 10.7. The van der Waals surface area contributed by atoms with Gasteiger partial charge in [-0.25, -0.2) is 0 Å². The van der Waals surface area contributed by atoms with E-state index in [0.29, 0.717) is 6.61 Å². The van der Waals surface area contributed by atoms with E-state index in [-0.39, 0.29) is 17.6 Å². The zero-order valence-corrected chi connectivity index (χ0v) is 9.31. The van der Waals surface area contributed by atoms with Gasteiger partial charge in [0.15, 0.2) is 0 Å². The van der Waals surface area contributed by atoms with Crippen LogP contribution in [0.2, 0.25) is 0 Å². The lowest BCUT2D eigenvalue weighted by Crippen LogP contribution is -2.54. The monoisotopic (exact) mass is 206 g/mol. The van der Waals surface area contributed by atoms with Gasteiger partial charge in [0.2, 0.25) is 0 Å². The van der Waals surface area contributed by atoms with Crippen molar-refractivity contribution in [3.63, 3.8) is 0 Å². The van der Waals surface area contributed by atoms with Crippen molar-refractivity contribution in [3.05, 3.63) is 35.9 Å². The number of aliphatic hydroxyl groups excluding tert-OH is 1. The number of hydrogen-bond acceptors (Lipinski definition) is 2. The van der Waals surface area contributed by atoms with E-state index < -0.39 is 0 Å². The molecule has 1 aliphatic carbocycles. The molecule has 2 nitrogen and oxygen atoms in total. The van der Waals surface area contributed by atoms with Gasteiger partial charge in [0.05, 0.1) is 18.8 Å². The predicted octanol–water partition coefficient (Wildman–Crippen LogP) is 2.36. The molecule has 0 aromatic heterocycles. The van der Waals surface area contributed by atoms with Crippen molar-refractivity contribution in [2.75, 3.05) is 0 Å². The van der Waals surface area contributed by atoms with Crippen LogP contribution in [-0.4, -0.2) is 17.3 Å². The molecule has 82 valence electrons. The van der Waals surface area contributed by atoms with E-state index in [2.05, 4.69) is 26.0 Å². The smallest absolute Gasteiger partial charge is 0.0720 e. The van der Waals surface area contributed by atoms with Crippen LogP contribution >= 0.6 is 0 Å². The van der Waals surface area contributed by atoms with E-state index in [1.807, 2.05) is 18.2 Å². The van der Waals surface area contributed by atoms with Gasteiger partial charge in [0, 0.05) is 11.8 Å². The van der Waals surface area contributed by atoms with Gasteiger partial charge in [0.25, 0.3) is 0 Å². The third-order valence-electron chi connectivity index (χ3n) is 3.42. The Morgan fingerprint density at radius 1 is 1.33 bits per heavy atom. The van der Waals surface area contributed by atoms with Crippen LogP contribution < -0.4 is 0 Å². The molecule has 0 spiro atoms. The first-order valence-electron chi connectivity index (χ1n) is 5.44. The second-order valence-electron chi connectivity index (χ2n) is 4.86. The highest BCUT2D eigenvalue weighted by Crippen LogP contribution is 2.42. The fourth-order valence-electron chi connectivity index (χ4n) is 1.92. The minimum atomic E-state index is -0.210. The maximum absolute atomic E-state index is 9.56. The lowest BCUT2D eigenvalue weighted by Gasteiger charge is -2.48. The number of hydrogen-bond donors (Lipinski definition) is 1. The minimum absolute atomic E-state index is 0.0885. The van der Waals surface area contributed by atoms with Crippen LogP contribution in [0.4, 0.5) is 0 Å². The molecule has 1 aliphatic rings. The van der Waals surface area contributed by atoms with Crippen LogP contribution in [0.25, 0.3) is 0 Å². The van der Waals surface area contributed by atoms with Crippen molar-refractivity contribution in [1.29, 1.82) is 0 Å². The third-order valence-corrected chi connectivity index (χ3v) is 3.42. The third kappa shape index (κ3) is 2.06. The molecule has 0 unspecified atom stereocenters. The van der Waals surface area contributed by atoms with Crippen LogP contribution in [0.1, 0.15) is 25.8 Å². The van der Waals surface area contributed by atoms with Crippen LogP contribution in [0, 0.1) is 5.41 Å². The molecule has 0 heterocycles. The van der Waals surface area contributed by atoms with Crippen molar-refractivity contribution in [2.45, 2.75) is 39.1 Å². The predicted molar refractivity (Wildman–Crippen MR) is 59.4 cm³/mol. The Morgan fingerprint density at radius 2 is 2.00 bits per heavy atom. The SMILES string of the molecule is CC1(C)[C@@H](OCc2ccccc2)C[C@@H]1O. The Hall–Kier alpha value is -0.860. The molecule has 0 radical (unpaired) electrons. The minimum Gasteiger partial charge on any atom is -0.392 e. The summed E-state index contributed by atoms with van der Waals surface area (Å²) in [5.74, 6) is 0. The maximum Gasteiger partial charge on any atom is 0.0720 e. The summed E-state index contributed by atoms with van der Waals surface area (Å²) < 4.78 is 5.79. The van der Waals surface area contributed by atoms with E-state index in [0.717, 1.165) is 6.42 Å². The highest BCUT2D eigenvalue weighted by molar-refractivity contribution is 5.13. The standard InChI is InChI=1S/C13H18O2/c1-13(2)11(14)8-12(13)15-9-10-6-4-3-5-7-10/h3-7,11-12,14H,8-9H2,1-2H3/t11-,12-/m0/s1. The van der Waals surface area contributed by atoms with Gasteiger partial charge in [-0.1, -0.05) is 44.2 Å². The zero-order valence-electron chi connectivity index (χ0n) is 9.31. The van der Waals surface area contributed by atoms with Crippen molar-refractivity contribution in [1.82, 2.24) is 0 Å². The van der Waals surface area contributed by atoms with Gasteiger partial charge in [0.1, 0.15) is 0 Å². The van der Waals surface area contributed by atoms with Gasteiger partial charge in [-0.2, -0.15) is 0 Å². The van der Waals surface area contributed by atoms with Gasteiger partial charge < -0.3 is 9.84 Å². The summed E-state index contributed by atoms with van der Waals surface area (Å²) in [6.45, 7) is 4.75. The van der Waals surface area contributed by atoms with E-state index in [9.17, 15) is 5.11 Å². The topological polar surface area (TPSA) is 29.5 Å². The molecule has 1 saturated carbocycles. The highest BCUT2D eigenvalue weighted by atomic mass is 16.5. The molecule has 2 heteroatoms. The summed E-state index contributed by atoms with van der Waals surface area (Å²) >= 11 is 0. The van der Waals surface area contributed by atoms with Gasteiger partial charge in [-0.15, -0.1) is 0 Å². The molecule has 1 aromatic carbocycles. The quantitative estimate of drug-likeness (QED) is 0.822. The number of rotatable bonds is 3. The van der Waals surface area contributed by atoms with E-state index >= 15 is 0 Å². The molecule has 0 bridgehead atoms. The average Bonchev–Trinajstić information content (AvgIpc) is 2.25. The average molecular weight is 206 g/mol. The molecule has 0 saturated heterocycles. The number of aliphatic hydroxyl groups is 1. The molecule has 1 fully saturated rings. The molecule has 15 heavy (non-hydrogen) atoms. The Bertz CT molecular complexity index is 319. The van der Waals surface area contributed by atoms with Crippen molar-refractivity contribution in [2.24, 2.45) is 5.41 Å². The molecule has 1 N–H and O–H groups in total. The zero-order chi connectivity index (χ0) is 10.9. The van der Waals surface area contributed by atoms with Crippen LogP contribution in [0.15, 0.2) is 30.3 Å². The second-order valence-corrected chi connectivity index (χ2v) is 4.86. The highest BCUT2D eigenvalue weighted by Gasteiger charge is 2.48. The molecule has 2 atom stereocenters. The van der Waals surface area contributed by atoms with Crippen LogP contribution in [0.5, 0.6) is 0 Å². The van der Waals surface area contributed by atoms with E-state index in [1.54, 1.807) is 0 Å². The summed E-state index contributed by atoms with van der Waals surface area (Å²) in [5.41, 5.74) is 1.10. The van der Waals surface area contributed by atoms with Crippen LogP contribution in [-0.2, 0) is 11.3 Å². The summed E-state index contributed by atoms with van der Waals surface area (Å²) in [5, 5.41) is 9.56. The summed E-state index contributed by atoms with van der Waals surface area (Å²) in [6.07, 6.45) is 0.741. The van der Waals surface area contributed by atoms with Crippen molar-refractivity contribution in [3.8, 4) is 0 Å². The number of ether oxygens (including phenoxy) is 1. The molecule has 0 amide bonds. The van der Waals surface area contributed by atoms with Crippen molar-refractivity contribution >= 4 is 0 Å². The van der Waals surface area contributed by atoms with E-state index in [1.165, 1.54) is 5.56 Å². The normalized spacial score (nSPS) is 28.5. The first-order chi connectivity index (χ1) is 7.10. The van der Waals surface area contributed by atoms with Gasteiger partial charge in [-0.3, -0.25) is 0 Å². The second kappa shape index (κ2) is 3.95. The van der Waals surface area contributed by atoms with Gasteiger partial charge in [-0.05, 0) is 5.56 Å². The summed E-state index contributed by atoms with van der Waals surface area (Å²) in [4.78, 5) is 0. The van der Waals surface area contributed by atoms with E-state index in [4.69, 9.17) is 4.74 Å². The molecular formula is C13H18O2. The molecule has 0 aliphatic heterocycles. The van der Waals surface area contributed by atoms with Gasteiger partial charge >= 0.3 is 0 Å². The molecule has 1 aromatic rings. The largest absolute Gasteiger partial charge is 0.392 e. The molecule has 2 rings (SSSR count). The maximum atomic E-state index is 9.56.